The Morgan fingerprint density at radius 2 is 2.12 bits per heavy atom. The van der Waals surface area contributed by atoms with Crippen LogP contribution in [0.1, 0.15) is 25.0 Å². The van der Waals surface area contributed by atoms with Gasteiger partial charge in [-0.2, -0.15) is 0 Å². The van der Waals surface area contributed by atoms with Crippen LogP contribution in [0.3, 0.4) is 0 Å². The molecule has 0 saturated heterocycles. The maximum atomic E-state index is 9.60. The van der Waals surface area contributed by atoms with Crippen molar-refractivity contribution in [3.05, 3.63) is 42.2 Å². The Kier molecular flexibility index (Phi) is 2.29. The second-order valence-corrected chi connectivity index (χ2v) is 4.30. The Balaban J connectivity index is 2.05. The van der Waals surface area contributed by atoms with E-state index in [0.717, 1.165) is 41.6 Å². The smallest absolute Gasteiger partial charge is 0.134 e. The van der Waals surface area contributed by atoms with Crippen LogP contribution in [0.2, 0.25) is 0 Å². The highest BCUT2D eigenvalue weighted by Gasteiger charge is 2.15. The van der Waals surface area contributed by atoms with Crippen molar-refractivity contribution in [1.82, 2.24) is 0 Å². The molecule has 0 radical (unpaired) electrons. The molecule has 1 atom stereocenters. The van der Waals surface area contributed by atoms with E-state index in [-0.39, 0.29) is 6.10 Å². The van der Waals surface area contributed by atoms with Gasteiger partial charge in [-0.1, -0.05) is 18.2 Å². The SMILES string of the molecule is OC1C=C(c2cc3ccccc3o2)CCC1. The second kappa shape index (κ2) is 3.80. The van der Waals surface area contributed by atoms with Gasteiger partial charge in [0.05, 0.1) is 6.10 Å². The van der Waals surface area contributed by atoms with E-state index in [2.05, 4.69) is 6.07 Å². The van der Waals surface area contributed by atoms with Crippen molar-refractivity contribution in [2.45, 2.75) is 25.4 Å². The van der Waals surface area contributed by atoms with Gasteiger partial charge >= 0.3 is 0 Å². The molecule has 0 amide bonds. The van der Waals surface area contributed by atoms with E-state index in [1.807, 2.05) is 30.3 Å². The molecule has 0 spiro atoms. The van der Waals surface area contributed by atoms with E-state index in [4.69, 9.17) is 4.42 Å². The maximum Gasteiger partial charge on any atom is 0.134 e. The highest BCUT2D eigenvalue weighted by atomic mass is 16.3. The molecular formula is C14H14O2. The summed E-state index contributed by atoms with van der Waals surface area (Å²) in [5.41, 5.74) is 2.05. The lowest BCUT2D eigenvalue weighted by molar-refractivity contribution is 0.205. The number of aliphatic hydroxyl groups excluding tert-OH is 1. The molecule has 0 fully saturated rings. The van der Waals surface area contributed by atoms with E-state index in [0.29, 0.717) is 0 Å². The van der Waals surface area contributed by atoms with E-state index in [1.165, 1.54) is 0 Å². The van der Waals surface area contributed by atoms with Crippen LogP contribution in [-0.2, 0) is 0 Å². The molecule has 1 aliphatic carbocycles. The van der Waals surface area contributed by atoms with Gasteiger partial charge in [-0.05, 0) is 43.0 Å². The first-order chi connectivity index (χ1) is 7.83. The summed E-state index contributed by atoms with van der Waals surface area (Å²) in [4.78, 5) is 0. The van der Waals surface area contributed by atoms with Crippen LogP contribution < -0.4 is 0 Å². The quantitative estimate of drug-likeness (QED) is 0.789. The molecule has 1 heterocycles. The fraction of sp³-hybridized carbons (Fsp3) is 0.286. The first kappa shape index (κ1) is 9.67. The number of hydrogen-bond donors (Lipinski definition) is 1. The zero-order valence-electron chi connectivity index (χ0n) is 9.02. The Hall–Kier alpha value is -1.54. The average Bonchev–Trinajstić information content (AvgIpc) is 2.72. The normalized spacial score (nSPS) is 21.1. The molecule has 3 rings (SSSR count). The third-order valence-corrected chi connectivity index (χ3v) is 3.08. The van der Waals surface area contributed by atoms with Crippen LogP contribution in [-0.4, -0.2) is 11.2 Å². The molecule has 1 aromatic heterocycles. The number of para-hydroxylation sites is 1. The molecule has 16 heavy (non-hydrogen) atoms. The summed E-state index contributed by atoms with van der Waals surface area (Å²) in [7, 11) is 0. The first-order valence-corrected chi connectivity index (χ1v) is 5.70. The largest absolute Gasteiger partial charge is 0.456 e. The van der Waals surface area contributed by atoms with Crippen LogP contribution >= 0.6 is 0 Å². The number of aliphatic hydroxyl groups is 1. The summed E-state index contributed by atoms with van der Waals surface area (Å²) in [6.07, 6.45) is 4.50. The highest BCUT2D eigenvalue weighted by molar-refractivity contribution is 5.82. The number of hydrogen-bond acceptors (Lipinski definition) is 2. The lowest BCUT2D eigenvalue weighted by Crippen LogP contribution is -2.07. The predicted molar refractivity (Wildman–Crippen MR) is 64.0 cm³/mol. The van der Waals surface area contributed by atoms with Gasteiger partial charge in [0.1, 0.15) is 11.3 Å². The van der Waals surface area contributed by atoms with Crippen molar-refractivity contribution in [2.75, 3.05) is 0 Å². The van der Waals surface area contributed by atoms with Gasteiger partial charge in [-0.15, -0.1) is 0 Å². The maximum absolute atomic E-state index is 9.60. The molecule has 82 valence electrons. The molecule has 2 aromatic rings. The zero-order valence-corrected chi connectivity index (χ0v) is 9.02. The Morgan fingerprint density at radius 1 is 1.25 bits per heavy atom. The van der Waals surface area contributed by atoms with Crippen molar-refractivity contribution >= 4 is 16.5 Å². The summed E-state index contributed by atoms with van der Waals surface area (Å²) >= 11 is 0. The minimum absolute atomic E-state index is 0.308. The topological polar surface area (TPSA) is 33.4 Å². The van der Waals surface area contributed by atoms with Crippen LogP contribution in [0.25, 0.3) is 16.5 Å². The zero-order chi connectivity index (χ0) is 11.0. The van der Waals surface area contributed by atoms with Crippen molar-refractivity contribution in [3.63, 3.8) is 0 Å². The van der Waals surface area contributed by atoms with Crippen LogP contribution in [0, 0.1) is 0 Å². The monoisotopic (exact) mass is 214 g/mol. The van der Waals surface area contributed by atoms with Gasteiger partial charge in [0, 0.05) is 5.39 Å². The molecule has 0 aliphatic heterocycles. The highest BCUT2D eigenvalue weighted by Crippen LogP contribution is 2.30. The van der Waals surface area contributed by atoms with Crippen molar-refractivity contribution < 1.29 is 9.52 Å². The van der Waals surface area contributed by atoms with Gasteiger partial charge < -0.3 is 9.52 Å². The molecule has 1 unspecified atom stereocenters. The average molecular weight is 214 g/mol. The van der Waals surface area contributed by atoms with Crippen LogP contribution in [0.5, 0.6) is 0 Å². The standard InChI is InChI=1S/C14H14O2/c15-12-6-3-5-10(8-12)14-9-11-4-1-2-7-13(11)16-14/h1-2,4,7-9,12,15H,3,5-6H2. The lowest BCUT2D eigenvalue weighted by atomic mass is 9.96. The van der Waals surface area contributed by atoms with Gasteiger partial charge in [-0.25, -0.2) is 0 Å². The fourth-order valence-electron chi connectivity index (χ4n) is 2.25. The number of allylic oxidation sites excluding steroid dienone is 1. The van der Waals surface area contributed by atoms with Crippen molar-refractivity contribution in [2.24, 2.45) is 0 Å². The Labute approximate surface area is 94.2 Å². The van der Waals surface area contributed by atoms with Crippen LogP contribution in [0.15, 0.2) is 40.8 Å². The number of benzene rings is 1. The van der Waals surface area contributed by atoms with E-state index in [1.54, 1.807) is 0 Å². The summed E-state index contributed by atoms with van der Waals surface area (Å²) < 4.78 is 5.78. The molecule has 2 nitrogen and oxygen atoms in total. The molecule has 0 bridgehead atoms. The summed E-state index contributed by atoms with van der Waals surface area (Å²) in [6, 6.07) is 10.0. The molecule has 1 aliphatic rings. The number of fused-ring (bicyclic) bond motifs is 1. The van der Waals surface area contributed by atoms with Gasteiger partial charge in [-0.3, -0.25) is 0 Å². The molecule has 1 N–H and O–H groups in total. The number of furan rings is 1. The Bertz CT molecular complexity index is 503. The number of rotatable bonds is 1. The summed E-state index contributed by atoms with van der Waals surface area (Å²) in [6.45, 7) is 0. The van der Waals surface area contributed by atoms with Gasteiger partial charge in [0.15, 0.2) is 0 Å². The van der Waals surface area contributed by atoms with Crippen LogP contribution in [0.4, 0.5) is 0 Å². The fourth-order valence-corrected chi connectivity index (χ4v) is 2.25. The van der Waals surface area contributed by atoms with Gasteiger partial charge in [0.2, 0.25) is 0 Å². The minimum atomic E-state index is -0.308. The Morgan fingerprint density at radius 3 is 2.94 bits per heavy atom. The molecule has 1 aromatic carbocycles. The molecule has 0 saturated carbocycles. The molecular weight excluding hydrogens is 200 g/mol. The lowest BCUT2D eigenvalue weighted by Gasteiger charge is -2.14. The van der Waals surface area contributed by atoms with E-state index in [9.17, 15) is 5.11 Å². The molecule has 2 heteroatoms. The van der Waals surface area contributed by atoms with Gasteiger partial charge in [0.25, 0.3) is 0 Å². The van der Waals surface area contributed by atoms with Crippen molar-refractivity contribution in [3.8, 4) is 0 Å². The third kappa shape index (κ3) is 1.65. The van der Waals surface area contributed by atoms with E-state index >= 15 is 0 Å². The van der Waals surface area contributed by atoms with E-state index < -0.39 is 0 Å². The predicted octanol–water partition coefficient (Wildman–Crippen LogP) is 3.36. The minimum Gasteiger partial charge on any atom is -0.456 e. The third-order valence-electron chi connectivity index (χ3n) is 3.08. The summed E-state index contributed by atoms with van der Waals surface area (Å²) in [5.74, 6) is 0.903. The van der Waals surface area contributed by atoms with Crippen molar-refractivity contribution in [1.29, 1.82) is 0 Å². The first-order valence-electron chi connectivity index (χ1n) is 5.70. The summed E-state index contributed by atoms with van der Waals surface area (Å²) in [5, 5.41) is 10.7. The second-order valence-electron chi connectivity index (χ2n) is 4.30.